The molecule has 3 aliphatic heterocycles. The molecule has 2 aromatic carbocycles. The van der Waals surface area contributed by atoms with E-state index in [-0.39, 0.29) is 36.4 Å². The zero-order valence-electron chi connectivity index (χ0n) is 29.4. The van der Waals surface area contributed by atoms with Crippen LogP contribution in [0.3, 0.4) is 0 Å². The summed E-state index contributed by atoms with van der Waals surface area (Å²) in [5.74, 6) is 0.664. The lowest BCUT2D eigenvalue weighted by Crippen LogP contribution is -2.52. The van der Waals surface area contributed by atoms with Gasteiger partial charge in [-0.05, 0) is 75.3 Å². The standard InChI is InChI=1S/C39H43N11O3/c40-20-24(33-22-43-31-8-1-2-9-32(31)46-33)21-42-25-14-17-49(18-15-25)39-41-16-13-35(47-39)45-27-6-3-5-26(19-27)44-30-10-4-7-28-29(30)23-50(38(28)53)34-11-12-36(51)48-37(34)52/h1-2,4,7-10,13,16,20-22,25-27,34,44H,3,5-6,11-12,14-15,17-19,23,40H2,(H,41,45,47)(H,48,51,52). The van der Waals surface area contributed by atoms with Crippen molar-refractivity contribution in [3.8, 4) is 0 Å². The molecule has 4 aromatic rings. The summed E-state index contributed by atoms with van der Waals surface area (Å²) in [6.45, 7) is 1.93. The van der Waals surface area contributed by atoms with Gasteiger partial charge in [0.15, 0.2) is 0 Å². The summed E-state index contributed by atoms with van der Waals surface area (Å²) in [6.07, 6.45) is 13.2. The van der Waals surface area contributed by atoms with Gasteiger partial charge >= 0.3 is 0 Å². The summed E-state index contributed by atoms with van der Waals surface area (Å²) in [5.41, 5.74) is 11.5. The third-order valence-corrected chi connectivity index (χ3v) is 10.7. The third-order valence-electron chi connectivity index (χ3n) is 10.7. The number of para-hydroxylation sites is 2. The molecule has 0 radical (unpaired) electrons. The van der Waals surface area contributed by atoms with E-state index in [0.717, 1.165) is 85.3 Å². The number of nitrogens with one attached hydrogen (secondary N) is 3. The number of nitrogens with two attached hydrogens (primary N) is 1. The first-order valence-electron chi connectivity index (χ1n) is 18.5. The number of imide groups is 1. The molecule has 3 amide bonds. The van der Waals surface area contributed by atoms with Gasteiger partial charge in [0.1, 0.15) is 11.9 Å². The average Bonchev–Trinajstić information content (AvgIpc) is 3.52. The number of aliphatic imine (C=N–C) groups is 1. The summed E-state index contributed by atoms with van der Waals surface area (Å²) in [7, 11) is 0. The molecule has 3 unspecified atom stereocenters. The van der Waals surface area contributed by atoms with Crippen molar-refractivity contribution in [2.45, 2.75) is 82.1 Å². The number of hydrogen-bond acceptors (Lipinski definition) is 12. The van der Waals surface area contributed by atoms with E-state index in [9.17, 15) is 14.4 Å². The highest BCUT2D eigenvalue weighted by molar-refractivity contribution is 6.09. The van der Waals surface area contributed by atoms with E-state index < -0.39 is 11.9 Å². The predicted octanol–water partition coefficient (Wildman–Crippen LogP) is 4.06. The SMILES string of the molecule is NC=C(C=NC1CCN(c2nccc(NC3CCCC(Nc4cccc5c4CN(C4CCC(=O)NC4=O)C5=O)C3)n2)CC1)c1cnc2ccccc2n1. The molecule has 3 atom stereocenters. The zero-order chi connectivity index (χ0) is 36.3. The molecule has 53 heavy (non-hydrogen) atoms. The smallest absolute Gasteiger partial charge is 0.255 e. The highest BCUT2D eigenvalue weighted by Gasteiger charge is 2.40. The van der Waals surface area contributed by atoms with Crippen molar-refractivity contribution in [1.82, 2.24) is 30.2 Å². The van der Waals surface area contributed by atoms with Crippen LogP contribution in [0.1, 0.15) is 73.0 Å². The lowest BCUT2D eigenvalue weighted by molar-refractivity contribution is -0.136. The molecule has 1 saturated carbocycles. The molecule has 4 aliphatic rings. The van der Waals surface area contributed by atoms with Crippen molar-refractivity contribution in [1.29, 1.82) is 0 Å². The number of aromatic nitrogens is 4. The zero-order valence-corrected chi connectivity index (χ0v) is 29.4. The molecule has 0 spiro atoms. The predicted molar refractivity (Wildman–Crippen MR) is 203 cm³/mol. The third kappa shape index (κ3) is 7.39. The number of amides is 3. The molecule has 5 N–H and O–H groups in total. The van der Waals surface area contributed by atoms with Gasteiger partial charge in [0.2, 0.25) is 17.8 Å². The molecule has 14 nitrogen and oxygen atoms in total. The molecule has 272 valence electrons. The largest absolute Gasteiger partial charge is 0.404 e. The Bertz CT molecular complexity index is 2090. The first kappa shape index (κ1) is 34.2. The second-order valence-electron chi connectivity index (χ2n) is 14.2. The van der Waals surface area contributed by atoms with Crippen LogP contribution in [0.4, 0.5) is 17.5 Å². The van der Waals surface area contributed by atoms with E-state index in [0.29, 0.717) is 30.2 Å². The van der Waals surface area contributed by atoms with Gasteiger partial charge in [-0.25, -0.2) is 9.97 Å². The van der Waals surface area contributed by atoms with Gasteiger partial charge in [-0.2, -0.15) is 4.98 Å². The summed E-state index contributed by atoms with van der Waals surface area (Å²) in [6, 6.07) is 15.4. The van der Waals surface area contributed by atoms with Gasteiger partial charge in [-0.15, -0.1) is 0 Å². The van der Waals surface area contributed by atoms with E-state index in [1.165, 1.54) is 6.20 Å². The fourth-order valence-electron chi connectivity index (χ4n) is 7.87. The number of carbonyl (C=O) groups excluding carboxylic acids is 3. The maximum atomic E-state index is 13.3. The minimum absolute atomic E-state index is 0.159. The molecule has 2 saturated heterocycles. The summed E-state index contributed by atoms with van der Waals surface area (Å²) >= 11 is 0. The molecule has 8 rings (SSSR count). The normalized spacial score (nSPS) is 22.7. The second-order valence-corrected chi connectivity index (χ2v) is 14.2. The Kier molecular flexibility index (Phi) is 9.66. The van der Waals surface area contributed by atoms with E-state index in [4.69, 9.17) is 20.7 Å². The van der Waals surface area contributed by atoms with Crippen molar-refractivity contribution < 1.29 is 14.4 Å². The minimum Gasteiger partial charge on any atom is -0.404 e. The highest BCUT2D eigenvalue weighted by Crippen LogP contribution is 2.34. The van der Waals surface area contributed by atoms with Crippen molar-refractivity contribution >= 4 is 58.0 Å². The van der Waals surface area contributed by atoms with Crippen LogP contribution in [-0.2, 0) is 16.1 Å². The average molecular weight is 714 g/mol. The lowest BCUT2D eigenvalue weighted by atomic mass is 9.90. The number of rotatable bonds is 9. The van der Waals surface area contributed by atoms with Crippen LogP contribution in [0.15, 0.2) is 72.1 Å². The Labute approximate surface area is 307 Å². The van der Waals surface area contributed by atoms with Crippen molar-refractivity contribution in [3.63, 3.8) is 0 Å². The van der Waals surface area contributed by atoms with Crippen LogP contribution < -0.4 is 26.6 Å². The number of benzene rings is 2. The van der Waals surface area contributed by atoms with Crippen molar-refractivity contribution in [2.75, 3.05) is 28.6 Å². The Morgan fingerprint density at radius 1 is 0.906 bits per heavy atom. The van der Waals surface area contributed by atoms with Crippen LogP contribution in [0.25, 0.3) is 16.6 Å². The minimum atomic E-state index is -0.634. The quantitative estimate of drug-likeness (QED) is 0.145. The van der Waals surface area contributed by atoms with Crippen LogP contribution in [0.2, 0.25) is 0 Å². The van der Waals surface area contributed by atoms with Gasteiger partial charge in [0.25, 0.3) is 5.91 Å². The monoisotopic (exact) mass is 713 g/mol. The summed E-state index contributed by atoms with van der Waals surface area (Å²) in [4.78, 5) is 64.9. The second kappa shape index (κ2) is 15.0. The van der Waals surface area contributed by atoms with Gasteiger partial charge in [0, 0.05) is 79.1 Å². The molecule has 1 aliphatic carbocycles. The van der Waals surface area contributed by atoms with Crippen LogP contribution in [0, 0.1) is 0 Å². The number of nitrogens with zero attached hydrogens (tertiary/aromatic N) is 7. The Balaban J connectivity index is 0.851. The number of fused-ring (bicyclic) bond motifs is 2. The molecular weight excluding hydrogens is 671 g/mol. The fraction of sp³-hybridized carbons (Fsp3) is 0.385. The summed E-state index contributed by atoms with van der Waals surface area (Å²) < 4.78 is 0. The lowest BCUT2D eigenvalue weighted by Gasteiger charge is -2.33. The number of piperidine rings is 2. The molecule has 5 heterocycles. The van der Waals surface area contributed by atoms with Crippen LogP contribution in [-0.4, -0.2) is 86.0 Å². The van der Waals surface area contributed by atoms with E-state index >= 15 is 0 Å². The van der Waals surface area contributed by atoms with Gasteiger partial charge in [-0.3, -0.25) is 29.7 Å². The molecule has 3 fully saturated rings. The number of allylic oxidation sites excluding steroid dienone is 1. The van der Waals surface area contributed by atoms with E-state index in [2.05, 4.69) is 30.8 Å². The Morgan fingerprint density at radius 3 is 2.53 bits per heavy atom. The van der Waals surface area contributed by atoms with Gasteiger partial charge in [0.05, 0.1) is 29.0 Å². The molecule has 14 heteroatoms. The maximum absolute atomic E-state index is 13.3. The highest BCUT2D eigenvalue weighted by atomic mass is 16.2. The van der Waals surface area contributed by atoms with E-state index in [1.807, 2.05) is 60.9 Å². The van der Waals surface area contributed by atoms with Crippen molar-refractivity contribution in [3.05, 3.63) is 83.9 Å². The number of hydrogen-bond donors (Lipinski definition) is 4. The summed E-state index contributed by atoms with van der Waals surface area (Å²) in [5, 5.41) is 9.77. The fourth-order valence-corrected chi connectivity index (χ4v) is 7.87. The number of carbonyl (C=O) groups is 3. The molecule has 0 bridgehead atoms. The molecule has 2 aromatic heterocycles. The van der Waals surface area contributed by atoms with Crippen LogP contribution >= 0.6 is 0 Å². The van der Waals surface area contributed by atoms with Gasteiger partial charge < -0.3 is 26.2 Å². The molecular formula is C39H43N11O3. The first-order valence-corrected chi connectivity index (χ1v) is 18.5. The maximum Gasteiger partial charge on any atom is 0.255 e. The topological polar surface area (TPSA) is 184 Å². The first-order chi connectivity index (χ1) is 25.9. The Hall–Kier alpha value is -5.92. The van der Waals surface area contributed by atoms with Crippen LogP contribution in [0.5, 0.6) is 0 Å². The number of anilines is 3. The van der Waals surface area contributed by atoms with Gasteiger partial charge in [-0.1, -0.05) is 18.2 Å². The van der Waals surface area contributed by atoms with Crippen molar-refractivity contribution in [2.24, 2.45) is 10.7 Å². The van der Waals surface area contributed by atoms with E-state index in [1.54, 1.807) is 11.1 Å². The Morgan fingerprint density at radius 2 is 1.72 bits per heavy atom.